The van der Waals surface area contributed by atoms with Crippen LogP contribution in [0.2, 0.25) is 0 Å². The van der Waals surface area contributed by atoms with Crippen LogP contribution in [0.3, 0.4) is 0 Å². The molecule has 3 amide bonds. The molecule has 9 heteroatoms. The van der Waals surface area contributed by atoms with E-state index in [-0.39, 0.29) is 30.1 Å². The Morgan fingerprint density at radius 2 is 2.03 bits per heavy atom. The van der Waals surface area contributed by atoms with Gasteiger partial charge in [-0.05, 0) is 31.0 Å². The van der Waals surface area contributed by atoms with Crippen LogP contribution in [0, 0.1) is 5.92 Å². The first kappa shape index (κ1) is 20.3. The summed E-state index contributed by atoms with van der Waals surface area (Å²) in [4.78, 5) is 39.2. The Hall–Kier alpha value is -2.94. The zero-order valence-corrected chi connectivity index (χ0v) is 17.3. The number of likely N-dealkylation sites (tertiary alicyclic amines) is 2. The molecule has 2 aromatic rings. The van der Waals surface area contributed by atoms with Crippen molar-refractivity contribution in [3.63, 3.8) is 0 Å². The number of aliphatic hydroxyl groups is 1. The predicted molar refractivity (Wildman–Crippen MR) is 111 cm³/mol. The number of anilines is 1. The SMILES string of the molecule is CC(=O)Nc1ccc2cnn(CC3(O)CCN(C(=O)[C@@H]4CC(=O)N(C)C4)CC3)c2c1. The first-order valence-corrected chi connectivity index (χ1v) is 10.2. The molecule has 1 aromatic heterocycles. The van der Waals surface area contributed by atoms with Crippen LogP contribution < -0.4 is 5.32 Å². The van der Waals surface area contributed by atoms with Crippen molar-refractivity contribution >= 4 is 34.3 Å². The number of carbonyl (C=O) groups excluding carboxylic acids is 3. The highest BCUT2D eigenvalue weighted by Gasteiger charge is 2.39. The van der Waals surface area contributed by atoms with Crippen LogP contribution in [0.25, 0.3) is 10.9 Å². The minimum absolute atomic E-state index is 0.000706. The van der Waals surface area contributed by atoms with Crippen LogP contribution in [-0.2, 0) is 20.9 Å². The molecule has 1 aromatic carbocycles. The summed E-state index contributed by atoms with van der Waals surface area (Å²) >= 11 is 0. The van der Waals surface area contributed by atoms with Gasteiger partial charge in [0.2, 0.25) is 17.7 Å². The molecule has 0 radical (unpaired) electrons. The average Bonchev–Trinajstić information content (AvgIpc) is 3.24. The van der Waals surface area contributed by atoms with E-state index in [1.165, 1.54) is 6.92 Å². The maximum absolute atomic E-state index is 12.7. The van der Waals surface area contributed by atoms with Crippen LogP contribution in [0.15, 0.2) is 24.4 Å². The van der Waals surface area contributed by atoms with E-state index in [4.69, 9.17) is 0 Å². The molecule has 0 unspecified atom stereocenters. The highest BCUT2D eigenvalue weighted by Crippen LogP contribution is 2.29. The number of nitrogens with zero attached hydrogens (tertiary/aromatic N) is 4. The molecule has 2 fully saturated rings. The molecule has 2 aliphatic heterocycles. The molecular formula is C21H27N5O4. The second-order valence-electron chi connectivity index (χ2n) is 8.48. The fourth-order valence-corrected chi connectivity index (χ4v) is 4.34. The Balaban J connectivity index is 1.42. The van der Waals surface area contributed by atoms with Gasteiger partial charge in [0.1, 0.15) is 0 Å². The lowest BCUT2D eigenvalue weighted by molar-refractivity contribution is -0.140. The number of hydrogen-bond acceptors (Lipinski definition) is 5. The predicted octanol–water partition coefficient (Wildman–Crippen LogP) is 0.826. The van der Waals surface area contributed by atoms with Gasteiger partial charge in [0.05, 0.1) is 29.8 Å². The first-order chi connectivity index (χ1) is 14.2. The molecule has 30 heavy (non-hydrogen) atoms. The molecule has 0 bridgehead atoms. The van der Waals surface area contributed by atoms with Gasteiger partial charge in [-0.15, -0.1) is 0 Å². The van der Waals surface area contributed by atoms with Crippen molar-refractivity contribution in [2.75, 3.05) is 32.0 Å². The van der Waals surface area contributed by atoms with E-state index in [0.717, 1.165) is 10.9 Å². The standard InChI is InChI=1S/C21H27N5O4/c1-14(27)23-17-4-3-15-11-22-26(18(15)10-17)13-21(30)5-7-25(8-6-21)20(29)16-9-19(28)24(2)12-16/h3-4,10-11,16,30H,5-9,12-13H2,1-2H3,(H,23,27)/t16-/m1/s1. The molecule has 160 valence electrons. The van der Waals surface area contributed by atoms with Gasteiger partial charge in [0, 0.05) is 51.1 Å². The summed E-state index contributed by atoms with van der Waals surface area (Å²) < 4.78 is 1.75. The summed E-state index contributed by atoms with van der Waals surface area (Å²) in [5, 5.41) is 19.2. The molecule has 2 N–H and O–H groups in total. The van der Waals surface area contributed by atoms with Gasteiger partial charge >= 0.3 is 0 Å². The normalized spacial score (nSPS) is 21.3. The van der Waals surface area contributed by atoms with E-state index in [9.17, 15) is 19.5 Å². The Morgan fingerprint density at radius 3 is 2.67 bits per heavy atom. The van der Waals surface area contributed by atoms with Gasteiger partial charge in [-0.2, -0.15) is 5.10 Å². The molecule has 4 rings (SSSR count). The summed E-state index contributed by atoms with van der Waals surface area (Å²) in [6.07, 6.45) is 2.90. The van der Waals surface area contributed by atoms with Crippen molar-refractivity contribution in [1.29, 1.82) is 0 Å². The van der Waals surface area contributed by atoms with Gasteiger partial charge in [0.25, 0.3) is 0 Å². The largest absolute Gasteiger partial charge is 0.388 e. The minimum Gasteiger partial charge on any atom is -0.388 e. The average molecular weight is 413 g/mol. The van der Waals surface area contributed by atoms with E-state index in [0.29, 0.717) is 44.7 Å². The Labute approximate surface area is 174 Å². The van der Waals surface area contributed by atoms with Gasteiger partial charge in [-0.25, -0.2) is 0 Å². The van der Waals surface area contributed by atoms with Gasteiger partial charge < -0.3 is 20.2 Å². The molecule has 0 spiro atoms. The number of benzene rings is 1. The van der Waals surface area contributed by atoms with Crippen LogP contribution >= 0.6 is 0 Å². The maximum atomic E-state index is 12.7. The third-order valence-electron chi connectivity index (χ3n) is 6.11. The molecular weight excluding hydrogens is 386 g/mol. The quantitative estimate of drug-likeness (QED) is 0.772. The number of aromatic nitrogens is 2. The Morgan fingerprint density at radius 1 is 1.30 bits per heavy atom. The monoisotopic (exact) mass is 413 g/mol. The molecule has 9 nitrogen and oxygen atoms in total. The lowest BCUT2D eigenvalue weighted by atomic mass is 9.90. The summed E-state index contributed by atoms with van der Waals surface area (Å²) in [5.41, 5.74) is 0.545. The van der Waals surface area contributed by atoms with Crippen molar-refractivity contribution in [2.45, 2.75) is 38.3 Å². The molecule has 3 heterocycles. The molecule has 2 aliphatic rings. The van der Waals surface area contributed by atoms with Gasteiger partial charge in [0.15, 0.2) is 0 Å². The van der Waals surface area contributed by atoms with E-state index < -0.39 is 5.60 Å². The highest BCUT2D eigenvalue weighted by atomic mass is 16.3. The van der Waals surface area contributed by atoms with Crippen molar-refractivity contribution < 1.29 is 19.5 Å². The maximum Gasteiger partial charge on any atom is 0.227 e. The van der Waals surface area contributed by atoms with Gasteiger partial charge in [-0.3, -0.25) is 19.1 Å². The third kappa shape index (κ3) is 4.02. The van der Waals surface area contributed by atoms with Crippen LogP contribution in [-0.4, -0.2) is 74.7 Å². The number of hydrogen-bond donors (Lipinski definition) is 2. The number of amides is 3. The molecule has 0 saturated carbocycles. The van der Waals surface area contributed by atoms with Crippen molar-refractivity contribution in [1.82, 2.24) is 19.6 Å². The number of piperidine rings is 1. The molecule has 0 aliphatic carbocycles. The number of carbonyl (C=O) groups is 3. The minimum atomic E-state index is -0.970. The molecule has 2 saturated heterocycles. The highest BCUT2D eigenvalue weighted by molar-refractivity contribution is 5.92. The zero-order valence-electron chi connectivity index (χ0n) is 17.3. The summed E-state index contributed by atoms with van der Waals surface area (Å²) in [6.45, 7) is 3.15. The van der Waals surface area contributed by atoms with E-state index >= 15 is 0 Å². The third-order valence-corrected chi connectivity index (χ3v) is 6.11. The summed E-state index contributed by atoms with van der Waals surface area (Å²) in [5.74, 6) is -0.424. The second-order valence-corrected chi connectivity index (χ2v) is 8.48. The lowest BCUT2D eigenvalue weighted by Gasteiger charge is -2.39. The lowest BCUT2D eigenvalue weighted by Crippen LogP contribution is -2.50. The topological polar surface area (TPSA) is 108 Å². The van der Waals surface area contributed by atoms with E-state index in [1.54, 1.807) is 27.7 Å². The van der Waals surface area contributed by atoms with Gasteiger partial charge in [-0.1, -0.05) is 0 Å². The fourth-order valence-electron chi connectivity index (χ4n) is 4.34. The van der Waals surface area contributed by atoms with Crippen molar-refractivity contribution in [3.8, 4) is 0 Å². The summed E-state index contributed by atoms with van der Waals surface area (Å²) in [7, 11) is 1.72. The summed E-state index contributed by atoms with van der Waals surface area (Å²) in [6, 6.07) is 5.55. The van der Waals surface area contributed by atoms with Crippen LogP contribution in [0.4, 0.5) is 5.69 Å². The van der Waals surface area contributed by atoms with Crippen LogP contribution in [0.1, 0.15) is 26.2 Å². The fraction of sp³-hybridized carbons (Fsp3) is 0.524. The van der Waals surface area contributed by atoms with Crippen LogP contribution in [0.5, 0.6) is 0 Å². The first-order valence-electron chi connectivity index (χ1n) is 10.2. The zero-order chi connectivity index (χ0) is 21.5. The number of rotatable bonds is 4. The Bertz CT molecular complexity index is 992. The van der Waals surface area contributed by atoms with E-state index in [2.05, 4.69) is 10.4 Å². The number of nitrogens with one attached hydrogen (secondary N) is 1. The van der Waals surface area contributed by atoms with Crippen molar-refractivity contribution in [3.05, 3.63) is 24.4 Å². The number of fused-ring (bicyclic) bond motifs is 1. The Kier molecular flexibility index (Phi) is 5.23. The van der Waals surface area contributed by atoms with E-state index in [1.807, 2.05) is 18.2 Å². The molecule has 1 atom stereocenters. The smallest absolute Gasteiger partial charge is 0.227 e. The second kappa shape index (κ2) is 7.71. The van der Waals surface area contributed by atoms with Crippen molar-refractivity contribution in [2.24, 2.45) is 5.92 Å².